The number of aliphatic hydroxyl groups is 1. The van der Waals surface area contributed by atoms with Crippen LogP contribution >= 0.6 is 0 Å². The van der Waals surface area contributed by atoms with E-state index in [1.807, 2.05) is 13.0 Å². The lowest BCUT2D eigenvalue weighted by Gasteiger charge is -2.26. The summed E-state index contributed by atoms with van der Waals surface area (Å²) < 4.78 is 5.32. The van der Waals surface area contributed by atoms with Gasteiger partial charge in [0.25, 0.3) is 0 Å². The summed E-state index contributed by atoms with van der Waals surface area (Å²) in [5, 5.41) is 21.1. The lowest BCUT2D eigenvalue weighted by molar-refractivity contribution is -0.135. The van der Waals surface area contributed by atoms with E-state index in [1.165, 1.54) is 7.11 Å². The molecule has 19 heavy (non-hydrogen) atoms. The number of hydrogen-bond acceptors (Lipinski definition) is 5. The van der Waals surface area contributed by atoms with Gasteiger partial charge in [-0.25, -0.2) is 0 Å². The van der Waals surface area contributed by atoms with E-state index in [2.05, 4.69) is 10.3 Å². The number of nitrogens with zero attached hydrogens (tertiary/aromatic N) is 1. The Hall–Kier alpha value is -1.82. The number of allylic oxidation sites excluding steroid dienone is 3. The third kappa shape index (κ3) is 4.40. The summed E-state index contributed by atoms with van der Waals surface area (Å²) >= 11 is 0. The number of ether oxygens (including phenoxy) is 1. The van der Waals surface area contributed by atoms with Crippen LogP contribution < -0.4 is 5.32 Å². The third-order valence-corrected chi connectivity index (χ3v) is 2.80. The molecule has 1 aliphatic rings. The Bertz CT molecular complexity index is 413. The topological polar surface area (TPSA) is 91.2 Å². The highest BCUT2D eigenvalue weighted by atomic mass is 16.5. The van der Waals surface area contributed by atoms with Gasteiger partial charge in [0.05, 0.1) is 18.5 Å². The number of carboxylic acid groups (broad SMARTS) is 1. The molecule has 1 unspecified atom stereocenters. The molecule has 0 saturated heterocycles. The number of hydrogen-bond donors (Lipinski definition) is 3. The number of aliphatic hydroxyl groups excluding tert-OH is 1. The van der Waals surface area contributed by atoms with Crippen molar-refractivity contribution in [1.82, 2.24) is 5.32 Å². The molecule has 0 aromatic carbocycles. The van der Waals surface area contributed by atoms with Crippen LogP contribution in [0, 0.1) is 5.92 Å². The maximum Gasteiger partial charge on any atom is 0.325 e. The third-order valence-electron chi connectivity index (χ3n) is 2.80. The second-order valence-corrected chi connectivity index (χ2v) is 4.27. The highest BCUT2D eigenvalue weighted by Crippen LogP contribution is 2.26. The highest BCUT2D eigenvalue weighted by Gasteiger charge is 2.26. The summed E-state index contributed by atoms with van der Waals surface area (Å²) in [7, 11) is 1.53. The van der Waals surface area contributed by atoms with Crippen molar-refractivity contribution in [2.75, 3.05) is 20.3 Å². The van der Waals surface area contributed by atoms with E-state index in [0.29, 0.717) is 24.3 Å². The van der Waals surface area contributed by atoms with Crippen LogP contribution in [0.25, 0.3) is 0 Å². The van der Waals surface area contributed by atoms with Gasteiger partial charge in [-0.2, -0.15) is 0 Å². The molecule has 6 heteroatoms. The van der Waals surface area contributed by atoms with E-state index >= 15 is 0 Å². The van der Waals surface area contributed by atoms with Gasteiger partial charge in [-0.1, -0.05) is 6.08 Å². The van der Waals surface area contributed by atoms with Gasteiger partial charge in [-0.05, 0) is 31.9 Å². The lowest BCUT2D eigenvalue weighted by Crippen LogP contribution is -2.28. The molecule has 0 aliphatic heterocycles. The summed E-state index contributed by atoms with van der Waals surface area (Å²) in [6.07, 6.45) is 4.78. The molecule has 0 aromatic heterocycles. The second-order valence-electron chi connectivity index (χ2n) is 4.27. The molecule has 1 rings (SSSR count). The van der Waals surface area contributed by atoms with Crippen molar-refractivity contribution in [2.24, 2.45) is 10.9 Å². The molecule has 0 fully saturated rings. The van der Waals surface area contributed by atoms with Gasteiger partial charge in [-0.3, -0.25) is 9.79 Å². The Morgan fingerprint density at radius 3 is 2.84 bits per heavy atom. The van der Waals surface area contributed by atoms with Crippen molar-refractivity contribution in [2.45, 2.75) is 19.8 Å². The van der Waals surface area contributed by atoms with Crippen LogP contribution in [0.2, 0.25) is 0 Å². The van der Waals surface area contributed by atoms with E-state index in [0.717, 1.165) is 5.70 Å². The summed E-state index contributed by atoms with van der Waals surface area (Å²) in [6, 6.07) is 0. The molecule has 1 atom stereocenters. The Kier molecular flexibility index (Phi) is 6.08. The minimum absolute atomic E-state index is 0.0270. The molecular weight excluding hydrogens is 248 g/mol. The molecule has 1 aliphatic carbocycles. The van der Waals surface area contributed by atoms with Crippen LogP contribution in [-0.4, -0.2) is 42.2 Å². The molecular formula is C13H20N2O4. The Morgan fingerprint density at radius 1 is 1.58 bits per heavy atom. The molecule has 0 saturated carbocycles. The molecule has 0 amide bonds. The molecule has 0 radical (unpaired) electrons. The molecule has 6 nitrogen and oxygen atoms in total. The Balaban J connectivity index is 3.03. The van der Waals surface area contributed by atoms with Crippen LogP contribution in [0.15, 0.2) is 28.7 Å². The zero-order valence-corrected chi connectivity index (χ0v) is 11.2. The minimum atomic E-state index is -0.989. The number of rotatable bonds is 6. The maximum absolute atomic E-state index is 10.6. The standard InChI is InChI=1S/C13H20N2O4/c1-3-4-14-10-5-9(8-16)6-11(13(10)19-2)15-7-12(17)18/h3-4,9,14,16H,5-8H2,1-2H3,(H,17,18)/b4-3+,15-11?. The monoisotopic (exact) mass is 268 g/mol. The van der Waals surface area contributed by atoms with Crippen molar-refractivity contribution < 1.29 is 19.7 Å². The number of carboxylic acids is 1. The minimum Gasteiger partial charge on any atom is -0.493 e. The number of methoxy groups -OCH3 is 1. The van der Waals surface area contributed by atoms with E-state index in [1.54, 1.807) is 6.20 Å². The van der Waals surface area contributed by atoms with Gasteiger partial charge < -0.3 is 20.3 Å². The second kappa shape index (κ2) is 7.58. The van der Waals surface area contributed by atoms with Crippen LogP contribution in [0.4, 0.5) is 0 Å². The summed E-state index contributed by atoms with van der Waals surface area (Å²) in [4.78, 5) is 14.7. The van der Waals surface area contributed by atoms with Crippen molar-refractivity contribution in [3.05, 3.63) is 23.7 Å². The predicted octanol–water partition coefficient (Wildman–Crippen LogP) is 0.895. The van der Waals surface area contributed by atoms with Gasteiger partial charge >= 0.3 is 5.97 Å². The largest absolute Gasteiger partial charge is 0.493 e. The maximum atomic E-state index is 10.6. The fourth-order valence-electron chi connectivity index (χ4n) is 1.97. The van der Waals surface area contributed by atoms with Crippen molar-refractivity contribution >= 4 is 11.7 Å². The van der Waals surface area contributed by atoms with Crippen LogP contribution in [0.1, 0.15) is 19.8 Å². The van der Waals surface area contributed by atoms with E-state index < -0.39 is 5.97 Å². The number of carbonyl (C=O) groups is 1. The Morgan fingerprint density at radius 2 is 2.32 bits per heavy atom. The zero-order valence-electron chi connectivity index (χ0n) is 11.2. The quantitative estimate of drug-likeness (QED) is 0.665. The fraction of sp³-hybridized carbons (Fsp3) is 0.538. The SMILES string of the molecule is C/C=C/NC1=C(OC)C(=NCC(=O)O)CC(CO)C1. The van der Waals surface area contributed by atoms with Gasteiger partial charge in [0.1, 0.15) is 6.54 Å². The first-order chi connectivity index (χ1) is 9.12. The summed E-state index contributed by atoms with van der Waals surface area (Å²) in [6.45, 7) is 1.62. The fourth-order valence-corrected chi connectivity index (χ4v) is 1.97. The van der Waals surface area contributed by atoms with Gasteiger partial charge in [0.15, 0.2) is 5.76 Å². The molecule has 0 bridgehead atoms. The zero-order chi connectivity index (χ0) is 14.3. The number of aliphatic imine (C=N–C) groups is 1. The first-order valence-corrected chi connectivity index (χ1v) is 6.13. The van der Waals surface area contributed by atoms with E-state index in [-0.39, 0.29) is 19.1 Å². The normalized spacial score (nSPS) is 22.1. The first-order valence-electron chi connectivity index (χ1n) is 6.13. The molecule has 0 spiro atoms. The first kappa shape index (κ1) is 15.2. The number of nitrogens with one attached hydrogen (secondary N) is 1. The highest BCUT2D eigenvalue weighted by molar-refractivity contribution is 6.00. The molecule has 106 valence electrons. The summed E-state index contributed by atoms with van der Waals surface area (Å²) in [5.41, 5.74) is 1.40. The molecule has 0 heterocycles. The van der Waals surface area contributed by atoms with Crippen molar-refractivity contribution in [3.63, 3.8) is 0 Å². The van der Waals surface area contributed by atoms with Gasteiger partial charge in [-0.15, -0.1) is 0 Å². The van der Waals surface area contributed by atoms with Crippen LogP contribution in [-0.2, 0) is 9.53 Å². The van der Waals surface area contributed by atoms with Crippen molar-refractivity contribution in [3.8, 4) is 0 Å². The summed E-state index contributed by atoms with van der Waals surface area (Å²) in [5.74, 6) is -0.389. The smallest absolute Gasteiger partial charge is 0.325 e. The average molecular weight is 268 g/mol. The van der Waals surface area contributed by atoms with Crippen LogP contribution in [0.5, 0.6) is 0 Å². The van der Waals surface area contributed by atoms with Gasteiger partial charge in [0.2, 0.25) is 0 Å². The van der Waals surface area contributed by atoms with E-state index in [4.69, 9.17) is 9.84 Å². The Labute approximate surface area is 112 Å². The average Bonchev–Trinajstić information content (AvgIpc) is 2.41. The molecule has 3 N–H and O–H groups in total. The van der Waals surface area contributed by atoms with Crippen LogP contribution in [0.3, 0.4) is 0 Å². The molecule has 0 aromatic rings. The predicted molar refractivity (Wildman–Crippen MR) is 71.7 cm³/mol. The van der Waals surface area contributed by atoms with Crippen molar-refractivity contribution in [1.29, 1.82) is 0 Å². The van der Waals surface area contributed by atoms with E-state index in [9.17, 15) is 9.90 Å². The number of aliphatic carboxylic acids is 1. The lowest BCUT2D eigenvalue weighted by atomic mass is 9.90. The van der Waals surface area contributed by atoms with Gasteiger partial charge in [0, 0.05) is 6.61 Å².